The van der Waals surface area contributed by atoms with Crippen LogP contribution in [-0.4, -0.2) is 22.6 Å². The molecule has 0 aliphatic carbocycles. The molecule has 132 valence electrons. The van der Waals surface area contributed by atoms with E-state index in [1.165, 1.54) is 6.07 Å². The van der Waals surface area contributed by atoms with Crippen molar-refractivity contribution in [2.75, 3.05) is 11.4 Å². The molecule has 3 aromatic rings. The molecule has 1 atom stereocenters. The van der Waals surface area contributed by atoms with Crippen LogP contribution in [0.25, 0.3) is 11.5 Å². The third kappa shape index (κ3) is 2.87. The van der Waals surface area contributed by atoms with Crippen LogP contribution in [0.3, 0.4) is 0 Å². The van der Waals surface area contributed by atoms with E-state index >= 15 is 0 Å². The maximum atomic E-state index is 13.9. The molecule has 5 nitrogen and oxygen atoms in total. The summed E-state index contributed by atoms with van der Waals surface area (Å²) >= 11 is 0. The van der Waals surface area contributed by atoms with E-state index in [2.05, 4.69) is 17.1 Å². The Morgan fingerprint density at radius 1 is 1.19 bits per heavy atom. The molecule has 0 spiro atoms. The van der Waals surface area contributed by atoms with Gasteiger partial charge in [-0.2, -0.15) is 4.98 Å². The molecule has 1 aliphatic rings. The lowest BCUT2D eigenvalue weighted by molar-refractivity contribution is -0.117. The number of para-hydroxylation sites is 1. The molecule has 4 rings (SSSR count). The van der Waals surface area contributed by atoms with Crippen molar-refractivity contribution in [2.24, 2.45) is 0 Å². The fourth-order valence-corrected chi connectivity index (χ4v) is 3.33. The second-order valence-electron chi connectivity index (χ2n) is 6.33. The molecular formula is C20H18FN3O2. The van der Waals surface area contributed by atoms with Gasteiger partial charge in [-0.1, -0.05) is 42.4 Å². The van der Waals surface area contributed by atoms with Crippen LogP contribution < -0.4 is 4.90 Å². The molecule has 1 fully saturated rings. The number of halogens is 1. The van der Waals surface area contributed by atoms with E-state index in [1.807, 2.05) is 24.3 Å². The smallest absolute Gasteiger partial charge is 0.260 e. The largest absolute Gasteiger partial charge is 0.334 e. The highest BCUT2D eigenvalue weighted by molar-refractivity contribution is 5.97. The zero-order chi connectivity index (χ0) is 18.1. The quantitative estimate of drug-likeness (QED) is 0.714. The first-order valence-corrected chi connectivity index (χ1v) is 8.64. The molecule has 1 unspecified atom stereocenters. The van der Waals surface area contributed by atoms with Crippen LogP contribution in [0.2, 0.25) is 0 Å². The van der Waals surface area contributed by atoms with Crippen molar-refractivity contribution in [2.45, 2.75) is 25.7 Å². The van der Waals surface area contributed by atoms with Gasteiger partial charge in [-0.3, -0.25) is 4.79 Å². The summed E-state index contributed by atoms with van der Waals surface area (Å²) in [7, 11) is 0. The summed E-state index contributed by atoms with van der Waals surface area (Å²) < 4.78 is 19.1. The van der Waals surface area contributed by atoms with E-state index < -0.39 is 5.82 Å². The molecule has 2 aromatic carbocycles. The molecule has 2 heterocycles. The Morgan fingerprint density at radius 2 is 1.96 bits per heavy atom. The van der Waals surface area contributed by atoms with E-state index in [4.69, 9.17) is 4.52 Å². The fraction of sp³-hybridized carbons (Fsp3) is 0.250. The molecule has 0 saturated carbocycles. The first-order valence-electron chi connectivity index (χ1n) is 8.64. The van der Waals surface area contributed by atoms with Gasteiger partial charge in [-0.25, -0.2) is 4.39 Å². The Balaban J connectivity index is 1.59. The first kappa shape index (κ1) is 16.4. The Bertz CT molecular complexity index is 953. The number of amides is 1. The molecule has 0 radical (unpaired) electrons. The number of benzene rings is 2. The van der Waals surface area contributed by atoms with Crippen LogP contribution in [0.1, 0.15) is 30.7 Å². The van der Waals surface area contributed by atoms with E-state index in [0.29, 0.717) is 18.8 Å². The van der Waals surface area contributed by atoms with E-state index in [0.717, 1.165) is 17.7 Å². The normalized spacial score (nSPS) is 17.1. The van der Waals surface area contributed by atoms with Gasteiger partial charge in [0.2, 0.25) is 5.91 Å². The number of rotatable bonds is 4. The predicted molar refractivity (Wildman–Crippen MR) is 95.2 cm³/mol. The second-order valence-corrected chi connectivity index (χ2v) is 6.33. The van der Waals surface area contributed by atoms with Gasteiger partial charge in [-0.15, -0.1) is 0 Å². The fourth-order valence-electron chi connectivity index (χ4n) is 3.33. The van der Waals surface area contributed by atoms with Crippen molar-refractivity contribution < 1.29 is 13.7 Å². The van der Waals surface area contributed by atoms with Crippen LogP contribution in [0.4, 0.5) is 10.1 Å². The SMILES string of the molecule is CCc1ccccc1N1CC(c2noc(-c3ccccc3F)n2)CC1=O. The summed E-state index contributed by atoms with van der Waals surface area (Å²) in [6.07, 6.45) is 1.17. The maximum absolute atomic E-state index is 13.9. The maximum Gasteiger partial charge on any atom is 0.260 e. The molecule has 0 bridgehead atoms. The summed E-state index contributed by atoms with van der Waals surface area (Å²) in [5.74, 6) is 0.0274. The molecule has 1 aliphatic heterocycles. The van der Waals surface area contributed by atoms with E-state index in [-0.39, 0.29) is 23.3 Å². The number of carbonyl (C=O) groups excluding carboxylic acids is 1. The number of anilines is 1. The lowest BCUT2D eigenvalue weighted by Gasteiger charge is -2.19. The van der Waals surface area contributed by atoms with Gasteiger partial charge in [0, 0.05) is 24.6 Å². The minimum Gasteiger partial charge on any atom is -0.334 e. The summed E-state index contributed by atoms with van der Waals surface area (Å²) in [5.41, 5.74) is 2.32. The van der Waals surface area contributed by atoms with Gasteiger partial charge in [0.05, 0.1) is 5.56 Å². The van der Waals surface area contributed by atoms with Gasteiger partial charge >= 0.3 is 0 Å². The Morgan fingerprint density at radius 3 is 2.77 bits per heavy atom. The van der Waals surface area contributed by atoms with E-state index in [9.17, 15) is 9.18 Å². The van der Waals surface area contributed by atoms with Crippen LogP contribution in [0.5, 0.6) is 0 Å². The van der Waals surface area contributed by atoms with Crippen molar-refractivity contribution in [3.05, 3.63) is 65.7 Å². The third-order valence-corrected chi connectivity index (χ3v) is 4.70. The Labute approximate surface area is 150 Å². The predicted octanol–water partition coefficient (Wildman–Crippen LogP) is 3.96. The lowest BCUT2D eigenvalue weighted by atomic mass is 10.1. The van der Waals surface area contributed by atoms with Crippen molar-refractivity contribution in [1.29, 1.82) is 0 Å². The number of hydrogen-bond acceptors (Lipinski definition) is 4. The number of carbonyl (C=O) groups is 1. The Hall–Kier alpha value is -3.02. The average molecular weight is 351 g/mol. The number of aryl methyl sites for hydroxylation is 1. The molecular weight excluding hydrogens is 333 g/mol. The lowest BCUT2D eigenvalue weighted by Crippen LogP contribution is -2.25. The standard InChI is InChI=1S/C20H18FN3O2/c1-2-13-7-3-6-10-17(13)24-12-14(11-18(24)25)19-22-20(26-23-19)15-8-4-5-9-16(15)21/h3-10,14H,2,11-12H2,1H3. The molecule has 0 N–H and O–H groups in total. The average Bonchev–Trinajstić information content (AvgIpc) is 3.29. The van der Waals surface area contributed by atoms with Crippen molar-refractivity contribution in [1.82, 2.24) is 10.1 Å². The summed E-state index contributed by atoms with van der Waals surface area (Å²) in [6.45, 7) is 2.56. The summed E-state index contributed by atoms with van der Waals surface area (Å²) in [4.78, 5) is 18.6. The molecule has 1 amide bonds. The van der Waals surface area contributed by atoms with Crippen LogP contribution in [-0.2, 0) is 11.2 Å². The minimum atomic E-state index is -0.413. The van der Waals surface area contributed by atoms with Crippen LogP contribution in [0.15, 0.2) is 53.1 Å². The zero-order valence-electron chi connectivity index (χ0n) is 14.4. The number of hydrogen-bond donors (Lipinski definition) is 0. The Kier molecular flexibility index (Phi) is 4.24. The first-order chi connectivity index (χ1) is 12.7. The summed E-state index contributed by atoms with van der Waals surface area (Å²) in [6, 6.07) is 14.2. The highest BCUT2D eigenvalue weighted by Crippen LogP contribution is 2.33. The second kappa shape index (κ2) is 6.71. The molecule has 1 saturated heterocycles. The van der Waals surface area contributed by atoms with Gasteiger partial charge in [0.1, 0.15) is 5.82 Å². The highest BCUT2D eigenvalue weighted by atomic mass is 19.1. The third-order valence-electron chi connectivity index (χ3n) is 4.70. The van der Waals surface area contributed by atoms with Crippen molar-refractivity contribution in [3.63, 3.8) is 0 Å². The van der Waals surface area contributed by atoms with E-state index in [1.54, 1.807) is 23.1 Å². The summed E-state index contributed by atoms with van der Waals surface area (Å²) in [5, 5.41) is 3.99. The monoisotopic (exact) mass is 351 g/mol. The number of aromatic nitrogens is 2. The van der Waals surface area contributed by atoms with Gasteiger partial charge in [0.15, 0.2) is 5.82 Å². The minimum absolute atomic E-state index is 0.0353. The van der Waals surface area contributed by atoms with Crippen LogP contribution >= 0.6 is 0 Å². The van der Waals surface area contributed by atoms with Gasteiger partial charge in [0.25, 0.3) is 5.89 Å². The van der Waals surface area contributed by atoms with Gasteiger partial charge in [-0.05, 0) is 30.2 Å². The molecule has 1 aromatic heterocycles. The van der Waals surface area contributed by atoms with Crippen LogP contribution in [0, 0.1) is 5.82 Å². The molecule has 26 heavy (non-hydrogen) atoms. The number of nitrogens with zero attached hydrogens (tertiary/aromatic N) is 3. The molecule has 6 heteroatoms. The zero-order valence-corrected chi connectivity index (χ0v) is 14.4. The van der Waals surface area contributed by atoms with Crippen molar-refractivity contribution in [3.8, 4) is 11.5 Å². The van der Waals surface area contributed by atoms with Gasteiger partial charge < -0.3 is 9.42 Å². The van der Waals surface area contributed by atoms with Crippen molar-refractivity contribution >= 4 is 11.6 Å². The highest BCUT2D eigenvalue weighted by Gasteiger charge is 2.35. The topological polar surface area (TPSA) is 59.2 Å².